The summed E-state index contributed by atoms with van der Waals surface area (Å²) in [6.45, 7) is 1.98. The number of benzene rings is 2. The van der Waals surface area contributed by atoms with Crippen molar-refractivity contribution < 1.29 is 14.7 Å². The summed E-state index contributed by atoms with van der Waals surface area (Å²) in [6.07, 6.45) is 2.92. The van der Waals surface area contributed by atoms with Crippen molar-refractivity contribution in [1.82, 2.24) is 0 Å². The monoisotopic (exact) mass is 464 g/mol. The van der Waals surface area contributed by atoms with Crippen molar-refractivity contribution in [2.24, 2.45) is 11.0 Å². The number of carbonyl (C=O) groups is 2. The van der Waals surface area contributed by atoms with Crippen LogP contribution in [0, 0.1) is 5.92 Å². The first-order chi connectivity index (χ1) is 14.3. The molecule has 1 aliphatic rings. The van der Waals surface area contributed by atoms with Crippen molar-refractivity contribution >= 4 is 64.2 Å². The molecule has 2 aromatic rings. The van der Waals surface area contributed by atoms with Crippen LogP contribution in [-0.2, 0) is 9.59 Å². The number of aliphatic carboxylic acids is 1. The van der Waals surface area contributed by atoms with Gasteiger partial charge in [-0.1, -0.05) is 54.2 Å². The number of carboxylic acids is 1. The normalized spacial score (nSPS) is 16.7. The second kappa shape index (κ2) is 9.65. The molecule has 0 aromatic heterocycles. The van der Waals surface area contributed by atoms with E-state index in [1.807, 2.05) is 6.92 Å². The molecule has 0 aliphatic carbocycles. The van der Waals surface area contributed by atoms with Gasteiger partial charge in [-0.15, -0.1) is 0 Å². The number of carbonyl (C=O) groups excluding carboxylic acids is 1. The van der Waals surface area contributed by atoms with Crippen molar-refractivity contribution in [2.75, 3.05) is 5.01 Å². The van der Waals surface area contributed by atoms with Gasteiger partial charge in [0, 0.05) is 10.6 Å². The highest BCUT2D eigenvalue weighted by molar-refractivity contribution is 6.42. The zero-order valence-electron chi connectivity index (χ0n) is 16.1. The van der Waals surface area contributed by atoms with E-state index in [1.54, 1.807) is 42.5 Å². The Bertz CT molecular complexity index is 1030. The molecule has 5 nitrogen and oxygen atoms in total. The van der Waals surface area contributed by atoms with Gasteiger partial charge < -0.3 is 5.11 Å². The molecule has 1 heterocycles. The first-order valence-electron chi connectivity index (χ1n) is 9.36. The fourth-order valence-electron chi connectivity index (χ4n) is 3.22. The van der Waals surface area contributed by atoms with Gasteiger partial charge in [0.25, 0.3) is 5.91 Å². The van der Waals surface area contributed by atoms with Crippen LogP contribution in [0.5, 0.6) is 0 Å². The van der Waals surface area contributed by atoms with Crippen molar-refractivity contribution in [3.63, 3.8) is 0 Å². The van der Waals surface area contributed by atoms with Crippen LogP contribution in [0.2, 0.25) is 15.1 Å². The van der Waals surface area contributed by atoms with E-state index in [9.17, 15) is 14.7 Å². The molecule has 0 saturated carbocycles. The molecule has 8 heteroatoms. The SMILES string of the molecule is CCCC1=NN(c2ccc(Cl)cc2)C(=O)C1CC(=Cc1ccc(Cl)c(Cl)c1)C(=O)O. The number of anilines is 1. The lowest BCUT2D eigenvalue weighted by molar-refractivity contribution is -0.132. The van der Waals surface area contributed by atoms with Crippen LogP contribution in [0.3, 0.4) is 0 Å². The predicted octanol–water partition coefficient (Wildman–Crippen LogP) is 6.32. The van der Waals surface area contributed by atoms with E-state index in [-0.39, 0.29) is 17.9 Å². The molecule has 1 aliphatic heterocycles. The topological polar surface area (TPSA) is 70.0 Å². The molecule has 156 valence electrons. The van der Waals surface area contributed by atoms with E-state index in [1.165, 1.54) is 11.1 Å². The van der Waals surface area contributed by atoms with Gasteiger partial charge in [-0.25, -0.2) is 9.80 Å². The molecule has 0 saturated heterocycles. The summed E-state index contributed by atoms with van der Waals surface area (Å²) in [4.78, 5) is 25.0. The average Bonchev–Trinajstić information content (AvgIpc) is 3.00. The van der Waals surface area contributed by atoms with Crippen LogP contribution in [0.25, 0.3) is 6.08 Å². The summed E-state index contributed by atoms with van der Waals surface area (Å²) in [5.41, 5.74) is 1.94. The van der Waals surface area contributed by atoms with E-state index in [4.69, 9.17) is 34.8 Å². The number of hydrazone groups is 1. The molecule has 1 atom stereocenters. The van der Waals surface area contributed by atoms with Crippen molar-refractivity contribution in [2.45, 2.75) is 26.2 Å². The summed E-state index contributed by atoms with van der Waals surface area (Å²) in [7, 11) is 0. The summed E-state index contributed by atoms with van der Waals surface area (Å²) in [5.74, 6) is -2.01. The van der Waals surface area contributed by atoms with Crippen LogP contribution < -0.4 is 5.01 Å². The van der Waals surface area contributed by atoms with E-state index in [2.05, 4.69) is 5.10 Å². The maximum absolute atomic E-state index is 13.1. The lowest BCUT2D eigenvalue weighted by Gasteiger charge is -2.15. The van der Waals surface area contributed by atoms with Gasteiger partial charge in [0.05, 0.1) is 27.4 Å². The Morgan fingerprint density at radius 3 is 2.43 bits per heavy atom. The van der Waals surface area contributed by atoms with Gasteiger partial charge in [-0.2, -0.15) is 5.10 Å². The van der Waals surface area contributed by atoms with Gasteiger partial charge in [-0.3, -0.25) is 4.79 Å². The highest BCUT2D eigenvalue weighted by atomic mass is 35.5. The van der Waals surface area contributed by atoms with Crippen LogP contribution in [0.15, 0.2) is 53.1 Å². The predicted molar refractivity (Wildman–Crippen MR) is 121 cm³/mol. The Hall–Kier alpha value is -2.34. The Morgan fingerprint density at radius 1 is 1.13 bits per heavy atom. The van der Waals surface area contributed by atoms with E-state index < -0.39 is 11.9 Å². The van der Waals surface area contributed by atoms with Gasteiger partial charge in [0.15, 0.2) is 0 Å². The van der Waals surface area contributed by atoms with Crippen molar-refractivity contribution in [3.8, 4) is 0 Å². The minimum absolute atomic E-state index is 0.0251. The Morgan fingerprint density at radius 2 is 1.83 bits per heavy atom. The quantitative estimate of drug-likeness (QED) is 0.486. The van der Waals surface area contributed by atoms with E-state index >= 15 is 0 Å². The fraction of sp³-hybridized carbons (Fsp3) is 0.227. The number of halogens is 3. The first kappa shape index (κ1) is 22.3. The molecular formula is C22H19Cl3N2O3. The molecule has 0 fully saturated rings. The maximum Gasteiger partial charge on any atom is 0.331 e. The minimum Gasteiger partial charge on any atom is -0.478 e. The smallest absolute Gasteiger partial charge is 0.331 e. The van der Waals surface area contributed by atoms with Crippen LogP contribution in [0.4, 0.5) is 5.69 Å². The highest BCUT2D eigenvalue weighted by Gasteiger charge is 2.37. The average molecular weight is 466 g/mol. The van der Waals surface area contributed by atoms with Crippen LogP contribution in [0.1, 0.15) is 31.7 Å². The molecule has 0 radical (unpaired) electrons. The number of carboxylic acid groups (broad SMARTS) is 1. The highest BCUT2D eigenvalue weighted by Crippen LogP contribution is 2.31. The molecule has 0 bridgehead atoms. The van der Waals surface area contributed by atoms with Gasteiger partial charge in [0.1, 0.15) is 0 Å². The lowest BCUT2D eigenvalue weighted by atomic mass is 9.91. The number of rotatable bonds is 7. The number of hydrogen-bond acceptors (Lipinski definition) is 3. The molecule has 2 aromatic carbocycles. The van der Waals surface area contributed by atoms with E-state index in [0.717, 1.165) is 6.42 Å². The maximum atomic E-state index is 13.1. The molecule has 1 N–H and O–H groups in total. The summed E-state index contributed by atoms with van der Waals surface area (Å²) >= 11 is 17.9. The largest absolute Gasteiger partial charge is 0.478 e. The summed E-state index contributed by atoms with van der Waals surface area (Å²) in [5, 5.41) is 16.8. The second-order valence-electron chi connectivity index (χ2n) is 6.87. The standard InChI is InChI=1S/C22H19Cl3N2O3/c1-2-3-20-17(21(28)27(26-20)16-7-5-15(23)6-8-16)12-14(22(29)30)10-13-4-9-18(24)19(25)11-13/h4-11,17H,2-3,12H2,1H3,(H,29,30). The van der Waals surface area contributed by atoms with Gasteiger partial charge >= 0.3 is 5.97 Å². The molecular weight excluding hydrogens is 447 g/mol. The molecule has 30 heavy (non-hydrogen) atoms. The fourth-order valence-corrected chi connectivity index (χ4v) is 3.65. The third-order valence-corrected chi connectivity index (χ3v) is 5.69. The van der Waals surface area contributed by atoms with Crippen molar-refractivity contribution in [3.05, 3.63) is 68.7 Å². The van der Waals surface area contributed by atoms with Crippen LogP contribution >= 0.6 is 34.8 Å². The molecule has 1 unspecified atom stereocenters. The zero-order chi connectivity index (χ0) is 21.8. The van der Waals surface area contributed by atoms with E-state index in [0.29, 0.717) is 38.5 Å². The number of hydrogen-bond donors (Lipinski definition) is 1. The lowest BCUT2D eigenvalue weighted by Crippen LogP contribution is -2.28. The van der Waals surface area contributed by atoms with Crippen molar-refractivity contribution in [1.29, 1.82) is 0 Å². The number of nitrogens with zero attached hydrogens (tertiary/aromatic N) is 2. The first-order valence-corrected chi connectivity index (χ1v) is 10.5. The third kappa shape index (κ3) is 5.04. The zero-order valence-corrected chi connectivity index (χ0v) is 18.4. The van der Waals surface area contributed by atoms with Gasteiger partial charge in [-0.05, 0) is 60.9 Å². The molecule has 1 amide bonds. The minimum atomic E-state index is -1.10. The summed E-state index contributed by atoms with van der Waals surface area (Å²) < 4.78 is 0. The third-order valence-electron chi connectivity index (χ3n) is 4.70. The molecule has 3 rings (SSSR count). The Kier molecular flexibility index (Phi) is 7.19. The molecule has 0 spiro atoms. The second-order valence-corrected chi connectivity index (χ2v) is 8.12. The Labute approximate surface area is 189 Å². The Balaban J connectivity index is 1.91. The number of amides is 1. The van der Waals surface area contributed by atoms with Gasteiger partial charge in [0.2, 0.25) is 0 Å². The van der Waals surface area contributed by atoms with Crippen LogP contribution in [-0.4, -0.2) is 22.7 Å². The summed E-state index contributed by atoms with van der Waals surface area (Å²) in [6, 6.07) is 11.6.